The van der Waals surface area contributed by atoms with Gasteiger partial charge < -0.3 is 5.32 Å². The van der Waals surface area contributed by atoms with E-state index in [0.717, 1.165) is 17.4 Å². The molecule has 1 aromatic carbocycles. The van der Waals surface area contributed by atoms with E-state index in [1.807, 2.05) is 6.07 Å². The van der Waals surface area contributed by atoms with Crippen molar-refractivity contribution in [1.29, 1.82) is 0 Å². The molecule has 1 aromatic rings. The van der Waals surface area contributed by atoms with Gasteiger partial charge in [-0.15, -0.1) is 0 Å². The topological polar surface area (TPSA) is 24.4 Å². The van der Waals surface area contributed by atoms with Crippen molar-refractivity contribution in [3.8, 4) is 0 Å². The number of benzene rings is 1. The summed E-state index contributed by atoms with van der Waals surface area (Å²) in [6.45, 7) is 5.29. The molecule has 1 unspecified atom stereocenters. The minimum Gasteiger partial charge on any atom is -0.334 e. The van der Waals surface area contributed by atoms with E-state index in [1.165, 1.54) is 0 Å². The third-order valence-electron chi connectivity index (χ3n) is 2.59. The van der Waals surface area contributed by atoms with Gasteiger partial charge in [0.05, 0.1) is 17.3 Å². The second-order valence-corrected chi connectivity index (χ2v) is 6.37. The highest BCUT2D eigenvalue weighted by Gasteiger charge is 2.22. The molecule has 0 radical (unpaired) electrons. The molecule has 0 saturated carbocycles. The molecule has 0 saturated heterocycles. The van der Waals surface area contributed by atoms with Crippen LogP contribution in [0.1, 0.15) is 13.8 Å². The predicted molar refractivity (Wildman–Crippen MR) is 78.6 cm³/mol. The smallest absolute Gasteiger partial charge is 0.161 e. The number of nitrogens with zero attached hydrogens (tertiary/aromatic N) is 1. The first kappa shape index (κ1) is 13.1. The fraction of sp³-hybridized carbons (Fsp3) is 0.417. The summed E-state index contributed by atoms with van der Waals surface area (Å²) < 4.78 is 0. The zero-order valence-electron chi connectivity index (χ0n) is 9.71. The molecule has 1 aliphatic heterocycles. The van der Waals surface area contributed by atoms with Gasteiger partial charge in [0.1, 0.15) is 0 Å². The zero-order chi connectivity index (χ0) is 12.4. The lowest BCUT2D eigenvalue weighted by Gasteiger charge is -2.12. The van der Waals surface area contributed by atoms with E-state index < -0.39 is 0 Å². The Morgan fingerprint density at radius 1 is 1.41 bits per heavy atom. The molecule has 0 spiro atoms. The fourth-order valence-electron chi connectivity index (χ4n) is 1.52. The van der Waals surface area contributed by atoms with Gasteiger partial charge in [0.15, 0.2) is 5.17 Å². The third kappa shape index (κ3) is 3.30. The van der Waals surface area contributed by atoms with Crippen LogP contribution in [0.15, 0.2) is 23.2 Å². The first-order chi connectivity index (χ1) is 8.06. The van der Waals surface area contributed by atoms with Crippen LogP contribution in [0, 0.1) is 5.92 Å². The Bertz CT molecular complexity index is 446. The Labute approximate surface area is 116 Å². The number of thioether (sulfide) groups is 1. The molecule has 2 nitrogen and oxygen atoms in total. The highest BCUT2D eigenvalue weighted by atomic mass is 35.5. The summed E-state index contributed by atoms with van der Waals surface area (Å²) in [7, 11) is 0. The van der Waals surface area contributed by atoms with Crippen molar-refractivity contribution in [2.75, 3.05) is 11.9 Å². The van der Waals surface area contributed by atoms with Gasteiger partial charge in [-0.3, -0.25) is 4.99 Å². The number of aliphatic imine (C=N–C) groups is 1. The molecule has 0 fully saturated rings. The molecule has 5 heteroatoms. The number of anilines is 1. The molecule has 1 aliphatic rings. The summed E-state index contributed by atoms with van der Waals surface area (Å²) in [5.41, 5.74) is 0.815. The SMILES string of the molecule is CC(C)C1CN=C(Nc2cc(Cl)ccc2Cl)S1. The first-order valence-electron chi connectivity index (χ1n) is 5.49. The predicted octanol–water partition coefficient (Wildman–Crippen LogP) is 4.53. The van der Waals surface area contributed by atoms with Crippen LogP contribution in [0.4, 0.5) is 5.69 Å². The van der Waals surface area contributed by atoms with Crippen molar-refractivity contribution in [3.05, 3.63) is 28.2 Å². The number of halogens is 2. The monoisotopic (exact) mass is 288 g/mol. The third-order valence-corrected chi connectivity index (χ3v) is 4.61. The molecule has 92 valence electrons. The molecule has 0 aromatic heterocycles. The van der Waals surface area contributed by atoms with Crippen LogP contribution in [0.2, 0.25) is 10.0 Å². The number of rotatable bonds is 2. The molecular formula is C12H14Cl2N2S. The average Bonchev–Trinajstić information content (AvgIpc) is 2.72. The van der Waals surface area contributed by atoms with Crippen molar-refractivity contribution >= 4 is 45.8 Å². The van der Waals surface area contributed by atoms with Crippen LogP contribution >= 0.6 is 35.0 Å². The Hall–Kier alpha value is -0.380. The minimum atomic E-state index is 0.551. The Morgan fingerprint density at radius 3 is 2.82 bits per heavy atom. The number of nitrogens with one attached hydrogen (secondary N) is 1. The van der Waals surface area contributed by atoms with Gasteiger partial charge in [-0.2, -0.15) is 0 Å². The standard InChI is InChI=1S/C12H14Cl2N2S/c1-7(2)11-6-15-12(17-11)16-10-5-8(13)3-4-9(10)14/h3-5,7,11H,6H2,1-2H3,(H,15,16). The van der Waals surface area contributed by atoms with Crippen LogP contribution in [0.3, 0.4) is 0 Å². The first-order valence-corrected chi connectivity index (χ1v) is 7.13. The van der Waals surface area contributed by atoms with E-state index in [4.69, 9.17) is 23.2 Å². The quantitative estimate of drug-likeness (QED) is 0.864. The number of hydrogen-bond donors (Lipinski definition) is 1. The maximum absolute atomic E-state index is 6.09. The number of amidine groups is 1. The molecule has 1 heterocycles. The summed E-state index contributed by atoms with van der Waals surface area (Å²) in [5, 5.41) is 6.03. The average molecular weight is 289 g/mol. The zero-order valence-corrected chi connectivity index (χ0v) is 12.0. The highest BCUT2D eigenvalue weighted by Crippen LogP contribution is 2.31. The molecule has 2 rings (SSSR count). The van der Waals surface area contributed by atoms with Crippen LogP contribution < -0.4 is 5.32 Å². The Morgan fingerprint density at radius 2 is 2.18 bits per heavy atom. The van der Waals surface area contributed by atoms with Crippen molar-refractivity contribution < 1.29 is 0 Å². The lowest BCUT2D eigenvalue weighted by atomic mass is 10.1. The summed E-state index contributed by atoms with van der Waals surface area (Å²) >= 11 is 13.8. The Balaban J connectivity index is 2.05. The molecule has 1 atom stereocenters. The maximum atomic E-state index is 6.09. The fourth-order valence-corrected chi connectivity index (χ4v) is 2.88. The molecule has 0 amide bonds. The molecule has 0 aliphatic carbocycles. The van der Waals surface area contributed by atoms with Crippen molar-refractivity contribution in [2.24, 2.45) is 10.9 Å². The van der Waals surface area contributed by atoms with Gasteiger partial charge in [0, 0.05) is 10.3 Å². The van der Waals surface area contributed by atoms with Gasteiger partial charge >= 0.3 is 0 Å². The van der Waals surface area contributed by atoms with Gasteiger partial charge in [-0.1, -0.05) is 48.8 Å². The maximum Gasteiger partial charge on any atom is 0.161 e. The lowest BCUT2D eigenvalue weighted by molar-refractivity contribution is 0.621. The second kappa shape index (κ2) is 5.51. The summed E-state index contributed by atoms with van der Waals surface area (Å²) in [4.78, 5) is 4.47. The van der Waals surface area contributed by atoms with Crippen LogP contribution in [-0.2, 0) is 0 Å². The molecular weight excluding hydrogens is 275 g/mol. The van der Waals surface area contributed by atoms with E-state index in [-0.39, 0.29) is 0 Å². The van der Waals surface area contributed by atoms with Gasteiger partial charge in [-0.25, -0.2) is 0 Å². The van der Waals surface area contributed by atoms with Crippen LogP contribution in [0.25, 0.3) is 0 Å². The summed E-state index contributed by atoms with van der Waals surface area (Å²) in [5.74, 6) is 0.623. The lowest BCUT2D eigenvalue weighted by Crippen LogP contribution is -2.13. The van der Waals surface area contributed by atoms with Crippen molar-refractivity contribution in [1.82, 2.24) is 0 Å². The summed E-state index contributed by atoms with van der Waals surface area (Å²) in [6, 6.07) is 5.37. The molecule has 17 heavy (non-hydrogen) atoms. The van der Waals surface area contributed by atoms with Gasteiger partial charge in [-0.05, 0) is 24.1 Å². The van der Waals surface area contributed by atoms with E-state index in [0.29, 0.717) is 21.2 Å². The highest BCUT2D eigenvalue weighted by molar-refractivity contribution is 8.15. The van der Waals surface area contributed by atoms with Crippen LogP contribution in [0.5, 0.6) is 0 Å². The molecule has 0 bridgehead atoms. The Kier molecular flexibility index (Phi) is 4.23. The van der Waals surface area contributed by atoms with Crippen LogP contribution in [-0.4, -0.2) is 17.0 Å². The van der Waals surface area contributed by atoms with E-state index in [9.17, 15) is 0 Å². The molecule has 1 N–H and O–H groups in total. The normalized spacial score (nSPS) is 19.6. The summed E-state index contributed by atoms with van der Waals surface area (Å²) in [6.07, 6.45) is 0. The largest absolute Gasteiger partial charge is 0.334 e. The van der Waals surface area contributed by atoms with Gasteiger partial charge in [0.2, 0.25) is 0 Å². The van der Waals surface area contributed by atoms with E-state index in [2.05, 4.69) is 24.2 Å². The van der Waals surface area contributed by atoms with Crippen molar-refractivity contribution in [3.63, 3.8) is 0 Å². The van der Waals surface area contributed by atoms with Crippen molar-refractivity contribution in [2.45, 2.75) is 19.1 Å². The number of hydrogen-bond acceptors (Lipinski definition) is 3. The van der Waals surface area contributed by atoms with E-state index in [1.54, 1.807) is 23.9 Å². The minimum absolute atomic E-state index is 0.551. The van der Waals surface area contributed by atoms with Gasteiger partial charge in [0.25, 0.3) is 0 Å². The second-order valence-electron chi connectivity index (χ2n) is 4.30. The van der Waals surface area contributed by atoms with E-state index >= 15 is 0 Å².